The Kier molecular flexibility index (Phi) is 4.84. The van der Waals surface area contributed by atoms with Crippen LogP contribution in [-0.4, -0.2) is 32.4 Å². The summed E-state index contributed by atoms with van der Waals surface area (Å²) in [7, 11) is -3.19. The molecule has 0 atom stereocenters. The molecule has 0 aliphatic carbocycles. The van der Waals surface area contributed by atoms with Crippen LogP contribution in [0.25, 0.3) is 0 Å². The van der Waals surface area contributed by atoms with E-state index < -0.39 is 10.2 Å². The van der Waals surface area contributed by atoms with Gasteiger partial charge < -0.3 is 0 Å². The van der Waals surface area contributed by atoms with Crippen LogP contribution in [0.1, 0.15) is 39.0 Å². The summed E-state index contributed by atoms with van der Waals surface area (Å²) >= 11 is 0. The summed E-state index contributed by atoms with van der Waals surface area (Å²) in [6, 6.07) is 0. The molecule has 0 bridgehead atoms. The van der Waals surface area contributed by atoms with Crippen LogP contribution in [0.3, 0.4) is 0 Å². The number of nitrogens with one attached hydrogen (secondary N) is 1. The predicted octanol–water partition coefficient (Wildman–Crippen LogP) is 1.11. The van der Waals surface area contributed by atoms with Crippen molar-refractivity contribution in [2.75, 3.05) is 19.6 Å². The summed E-state index contributed by atoms with van der Waals surface area (Å²) in [6.07, 6.45) is 5.13. The molecule has 0 aromatic heterocycles. The molecule has 1 heterocycles. The van der Waals surface area contributed by atoms with Crippen LogP contribution < -0.4 is 4.72 Å². The van der Waals surface area contributed by atoms with Gasteiger partial charge in [-0.05, 0) is 19.3 Å². The van der Waals surface area contributed by atoms with E-state index in [0.717, 1.165) is 32.1 Å². The molecule has 4 nitrogen and oxygen atoms in total. The summed E-state index contributed by atoms with van der Waals surface area (Å²) in [5.41, 5.74) is 0. The normalized spacial score (nSPS) is 20.6. The van der Waals surface area contributed by atoms with Crippen molar-refractivity contribution in [1.29, 1.82) is 0 Å². The molecule has 1 N–H and O–H groups in total. The third-order valence-electron chi connectivity index (χ3n) is 2.44. The Balaban J connectivity index is 2.51. The van der Waals surface area contributed by atoms with Gasteiger partial charge in [0.2, 0.25) is 0 Å². The zero-order chi connectivity index (χ0) is 10.4. The molecule has 14 heavy (non-hydrogen) atoms. The second-order valence-electron chi connectivity index (χ2n) is 3.71. The van der Waals surface area contributed by atoms with Gasteiger partial charge in [-0.25, -0.2) is 4.72 Å². The van der Waals surface area contributed by atoms with E-state index in [1.54, 1.807) is 4.31 Å². The maximum Gasteiger partial charge on any atom is 0.279 e. The first-order chi connectivity index (χ1) is 6.67. The minimum atomic E-state index is -3.19. The van der Waals surface area contributed by atoms with E-state index in [1.165, 1.54) is 0 Å². The Morgan fingerprint density at radius 3 is 2.21 bits per heavy atom. The first-order valence-electron chi connectivity index (χ1n) is 5.41. The van der Waals surface area contributed by atoms with E-state index in [9.17, 15) is 8.42 Å². The molecule has 0 saturated carbocycles. The molecule has 0 spiro atoms. The Morgan fingerprint density at radius 2 is 1.71 bits per heavy atom. The van der Waals surface area contributed by atoms with E-state index in [0.29, 0.717) is 19.6 Å². The highest BCUT2D eigenvalue weighted by atomic mass is 32.2. The quantitative estimate of drug-likeness (QED) is 0.771. The highest BCUT2D eigenvalue weighted by Crippen LogP contribution is 2.12. The number of nitrogens with zero attached hydrogens (tertiary/aromatic N) is 1. The monoisotopic (exact) mass is 220 g/mol. The maximum atomic E-state index is 11.7. The average Bonchev–Trinajstić information content (AvgIpc) is 2.43. The molecule has 1 saturated heterocycles. The summed E-state index contributed by atoms with van der Waals surface area (Å²) < 4.78 is 27.6. The van der Waals surface area contributed by atoms with Gasteiger partial charge in [0.25, 0.3) is 10.2 Å². The molecule has 0 aromatic carbocycles. The van der Waals surface area contributed by atoms with Crippen LogP contribution in [-0.2, 0) is 10.2 Å². The molecule has 0 unspecified atom stereocenters. The van der Waals surface area contributed by atoms with E-state index in [1.807, 2.05) is 6.92 Å². The highest BCUT2D eigenvalue weighted by Gasteiger charge is 2.21. The molecule has 84 valence electrons. The van der Waals surface area contributed by atoms with Crippen molar-refractivity contribution in [1.82, 2.24) is 9.03 Å². The van der Waals surface area contributed by atoms with Crippen LogP contribution in [0, 0.1) is 0 Å². The molecule has 1 aliphatic rings. The number of rotatable bonds is 4. The molecular formula is C9H20N2O2S. The zero-order valence-electron chi connectivity index (χ0n) is 8.83. The van der Waals surface area contributed by atoms with Gasteiger partial charge in [0.15, 0.2) is 0 Å². The lowest BCUT2D eigenvalue weighted by atomic mass is 10.2. The topological polar surface area (TPSA) is 49.4 Å². The molecule has 1 fully saturated rings. The van der Waals surface area contributed by atoms with Crippen LogP contribution in [0.4, 0.5) is 0 Å². The van der Waals surface area contributed by atoms with Crippen molar-refractivity contribution in [3.8, 4) is 0 Å². The second kappa shape index (κ2) is 5.68. The third-order valence-corrected chi connectivity index (χ3v) is 4.05. The average molecular weight is 220 g/mol. The Bertz CT molecular complexity index is 244. The van der Waals surface area contributed by atoms with E-state index >= 15 is 0 Å². The summed E-state index contributed by atoms with van der Waals surface area (Å²) in [5.74, 6) is 0. The SMILES string of the molecule is CCCNS(=O)(=O)N1CCCCCC1. The molecular weight excluding hydrogens is 200 g/mol. The van der Waals surface area contributed by atoms with Crippen molar-refractivity contribution >= 4 is 10.2 Å². The standard InChI is InChI=1S/C9H20N2O2S/c1-2-7-10-14(12,13)11-8-5-3-4-6-9-11/h10H,2-9H2,1H3. The minimum absolute atomic E-state index is 0.541. The number of hydrogen-bond acceptors (Lipinski definition) is 2. The fourth-order valence-electron chi connectivity index (χ4n) is 1.60. The molecule has 0 radical (unpaired) electrons. The summed E-state index contributed by atoms with van der Waals surface area (Å²) in [4.78, 5) is 0. The van der Waals surface area contributed by atoms with Crippen LogP contribution in [0.15, 0.2) is 0 Å². The number of hydrogen-bond donors (Lipinski definition) is 1. The van der Waals surface area contributed by atoms with Crippen molar-refractivity contribution in [3.63, 3.8) is 0 Å². The Morgan fingerprint density at radius 1 is 1.14 bits per heavy atom. The summed E-state index contributed by atoms with van der Waals surface area (Å²) in [5, 5.41) is 0. The molecule has 0 aromatic rings. The lowest BCUT2D eigenvalue weighted by Crippen LogP contribution is -2.41. The van der Waals surface area contributed by atoms with Crippen molar-refractivity contribution in [2.24, 2.45) is 0 Å². The molecule has 1 rings (SSSR count). The minimum Gasteiger partial charge on any atom is -0.202 e. The van der Waals surface area contributed by atoms with Gasteiger partial charge in [0.05, 0.1) is 0 Å². The maximum absolute atomic E-state index is 11.7. The second-order valence-corrected chi connectivity index (χ2v) is 5.47. The van der Waals surface area contributed by atoms with Crippen LogP contribution >= 0.6 is 0 Å². The van der Waals surface area contributed by atoms with Gasteiger partial charge in [-0.3, -0.25) is 0 Å². The van der Waals surface area contributed by atoms with Gasteiger partial charge in [0, 0.05) is 19.6 Å². The predicted molar refractivity (Wildman–Crippen MR) is 57.3 cm³/mol. The van der Waals surface area contributed by atoms with Crippen molar-refractivity contribution in [3.05, 3.63) is 0 Å². The van der Waals surface area contributed by atoms with Gasteiger partial charge in [-0.2, -0.15) is 12.7 Å². The van der Waals surface area contributed by atoms with Gasteiger partial charge in [-0.1, -0.05) is 19.8 Å². The third kappa shape index (κ3) is 3.55. The Labute approximate surface area is 86.9 Å². The lowest BCUT2D eigenvalue weighted by molar-refractivity contribution is 0.415. The zero-order valence-corrected chi connectivity index (χ0v) is 9.65. The van der Waals surface area contributed by atoms with Crippen LogP contribution in [0.5, 0.6) is 0 Å². The summed E-state index contributed by atoms with van der Waals surface area (Å²) in [6.45, 7) is 3.86. The van der Waals surface area contributed by atoms with E-state index in [2.05, 4.69) is 4.72 Å². The van der Waals surface area contributed by atoms with Gasteiger partial charge >= 0.3 is 0 Å². The van der Waals surface area contributed by atoms with Crippen molar-refractivity contribution < 1.29 is 8.42 Å². The van der Waals surface area contributed by atoms with E-state index in [4.69, 9.17) is 0 Å². The van der Waals surface area contributed by atoms with Gasteiger partial charge in [-0.15, -0.1) is 0 Å². The smallest absolute Gasteiger partial charge is 0.202 e. The molecule has 5 heteroatoms. The van der Waals surface area contributed by atoms with E-state index in [-0.39, 0.29) is 0 Å². The first kappa shape index (κ1) is 11.9. The first-order valence-corrected chi connectivity index (χ1v) is 6.85. The highest BCUT2D eigenvalue weighted by molar-refractivity contribution is 7.87. The van der Waals surface area contributed by atoms with Gasteiger partial charge in [0.1, 0.15) is 0 Å². The largest absolute Gasteiger partial charge is 0.279 e. The Hall–Kier alpha value is -0.130. The fourth-order valence-corrected chi connectivity index (χ4v) is 2.99. The molecule has 1 aliphatic heterocycles. The van der Waals surface area contributed by atoms with Crippen molar-refractivity contribution in [2.45, 2.75) is 39.0 Å². The fraction of sp³-hybridized carbons (Fsp3) is 1.00. The van der Waals surface area contributed by atoms with Crippen LogP contribution in [0.2, 0.25) is 0 Å². The molecule has 0 amide bonds. The lowest BCUT2D eigenvalue weighted by Gasteiger charge is -2.19.